The number of anilines is 2. The summed E-state index contributed by atoms with van der Waals surface area (Å²) < 4.78 is 0. The van der Waals surface area contributed by atoms with Gasteiger partial charge in [0.1, 0.15) is 0 Å². The average molecular weight is 386 g/mol. The minimum absolute atomic E-state index is 0.00664. The molecule has 1 fully saturated rings. The number of ketones is 1. The number of hydrogen-bond donors (Lipinski definition) is 3. The van der Waals surface area contributed by atoms with E-state index in [1.165, 1.54) is 11.3 Å². The number of nitrogens with one attached hydrogen (secondary N) is 3. The molecule has 1 aliphatic carbocycles. The van der Waals surface area contributed by atoms with Crippen LogP contribution in [0, 0.1) is 5.92 Å². The Bertz CT molecular complexity index is 829. The number of benzene rings is 1. The van der Waals surface area contributed by atoms with E-state index in [0.717, 1.165) is 25.7 Å². The molecule has 0 spiro atoms. The highest BCUT2D eigenvalue weighted by atomic mass is 32.1. The van der Waals surface area contributed by atoms with Gasteiger partial charge in [0.2, 0.25) is 5.91 Å². The van der Waals surface area contributed by atoms with Crippen molar-refractivity contribution in [3.8, 4) is 0 Å². The topological polar surface area (TPSA) is 100 Å². The molecule has 1 saturated carbocycles. The first-order chi connectivity index (χ1) is 13.1. The van der Waals surface area contributed by atoms with Crippen LogP contribution in [0.25, 0.3) is 0 Å². The van der Waals surface area contributed by atoms with Crippen molar-refractivity contribution < 1.29 is 14.4 Å². The lowest BCUT2D eigenvalue weighted by atomic mass is 9.91. The van der Waals surface area contributed by atoms with Gasteiger partial charge in [-0.3, -0.25) is 14.9 Å². The van der Waals surface area contributed by atoms with E-state index in [4.69, 9.17) is 0 Å². The molecule has 7 nitrogen and oxygen atoms in total. The molecule has 3 N–H and O–H groups in total. The quantitative estimate of drug-likeness (QED) is 0.662. The molecule has 3 rings (SSSR count). The Morgan fingerprint density at radius 3 is 2.63 bits per heavy atom. The van der Waals surface area contributed by atoms with Crippen LogP contribution >= 0.6 is 11.3 Å². The van der Waals surface area contributed by atoms with E-state index in [1.54, 1.807) is 36.8 Å². The Balaban J connectivity index is 1.80. The van der Waals surface area contributed by atoms with E-state index in [0.29, 0.717) is 21.9 Å². The number of amides is 3. The Labute approximate surface area is 161 Å². The number of rotatable bonds is 6. The number of carbonyl (C=O) groups is 3. The molecule has 1 aromatic heterocycles. The van der Waals surface area contributed by atoms with Crippen molar-refractivity contribution in [3.63, 3.8) is 0 Å². The summed E-state index contributed by atoms with van der Waals surface area (Å²) in [4.78, 5) is 40.9. The van der Waals surface area contributed by atoms with E-state index in [9.17, 15) is 14.4 Å². The SMILES string of the molecule is CNC(=O)Cc1ccc(NC(=O)Nc2nccs2)cc1C(=O)C1CCCC1. The molecular formula is C19H22N4O3S. The van der Waals surface area contributed by atoms with Crippen LogP contribution in [0.5, 0.6) is 0 Å². The van der Waals surface area contributed by atoms with E-state index >= 15 is 0 Å². The highest BCUT2D eigenvalue weighted by Crippen LogP contribution is 2.30. The van der Waals surface area contributed by atoms with Crippen molar-refractivity contribution >= 4 is 39.9 Å². The van der Waals surface area contributed by atoms with Gasteiger partial charge in [-0.15, -0.1) is 11.3 Å². The van der Waals surface area contributed by atoms with Crippen molar-refractivity contribution in [3.05, 3.63) is 40.9 Å². The maximum atomic E-state index is 13.0. The molecule has 1 aliphatic rings. The zero-order valence-corrected chi connectivity index (χ0v) is 15.9. The smallest absolute Gasteiger partial charge is 0.325 e. The number of carbonyl (C=O) groups excluding carboxylic acids is 3. The van der Waals surface area contributed by atoms with Gasteiger partial charge in [-0.25, -0.2) is 9.78 Å². The normalized spacial score (nSPS) is 14.0. The first-order valence-electron chi connectivity index (χ1n) is 8.92. The van der Waals surface area contributed by atoms with Crippen molar-refractivity contribution in [2.24, 2.45) is 5.92 Å². The largest absolute Gasteiger partial charge is 0.359 e. The van der Waals surface area contributed by atoms with Gasteiger partial charge in [-0.2, -0.15) is 0 Å². The van der Waals surface area contributed by atoms with Crippen LogP contribution in [0.1, 0.15) is 41.6 Å². The van der Waals surface area contributed by atoms with E-state index in [-0.39, 0.29) is 24.0 Å². The molecule has 27 heavy (non-hydrogen) atoms. The second kappa shape index (κ2) is 8.77. The molecule has 0 unspecified atom stereocenters. The van der Waals surface area contributed by atoms with E-state index in [2.05, 4.69) is 20.9 Å². The fourth-order valence-corrected chi connectivity index (χ4v) is 3.78. The van der Waals surface area contributed by atoms with Gasteiger partial charge in [0.15, 0.2) is 10.9 Å². The molecule has 142 valence electrons. The Morgan fingerprint density at radius 1 is 1.19 bits per heavy atom. The third-order valence-electron chi connectivity index (χ3n) is 4.64. The second-order valence-corrected chi connectivity index (χ2v) is 7.38. The fourth-order valence-electron chi connectivity index (χ4n) is 3.25. The van der Waals surface area contributed by atoms with Crippen LogP contribution in [-0.4, -0.2) is 29.8 Å². The minimum Gasteiger partial charge on any atom is -0.359 e. The summed E-state index contributed by atoms with van der Waals surface area (Å²) in [6.07, 6.45) is 5.59. The number of likely N-dealkylation sites (N-methyl/N-ethyl adjacent to an activating group) is 1. The molecule has 1 heterocycles. The molecule has 1 aromatic carbocycles. The second-order valence-electron chi connectivity index (χ2n) is 6.48. The van der Waals surface area contributed by atoms with Crippen LogP contribution in [-0.2, 0) is 11.2 Å². The maximum Gasteiger partial charge on any atom is 0.325 e. The standard InChI is InChI=1S/C19H22N4O3S/c1-20-16(24)10-13-6-7-14(22-18(26)23-19-21-8-9-27-19)11-15(13)17(25)12-4-2-3-5-12/h6-9,11-12H,2-5,10H2,1H3,(H,20,24)(H2,21,22,23,26). The molecule has 0 saturated heterocycles. The molecule has 0 bridgehead atoms. The van der Waals surface area contributed by atoms with Crippen molar-refractivity contribution in [1.82, 2.24) is 10.3 Å². The average Bonchev–Trinajstić information content (AvgIpc) is 3.36. The van der Waals surface area contributed by atoms with Gasteiger partial charge < -0.3 is 10.6 Å². The Kier molecular flexibility index (Phi) is 6.18. The zero-order chi connectivity index (χ0) is 19.2. The highest BCUT2D eigenvalue weighted by molar-refractivity contribution is 7.13. The number of hydrogen-bond acceptors (Lipinski definition) is 5. The number of aromatic nitrogens is 1. The molecule has 0 atom stereocenters. The molecule has 0 radical (unpaired) electrons. The number of nitrogens with zero attached hydrogens (tertiary/aromatic N) is 1. The summed E-state index contributed by atoms with van der Waals surface area (Å²) in [7, 11) is 1.57. The van der Waals surface area contributed by atoms with Crippen LogP contribution < -0.4 is 16.0 Å². The van der Waals surface area contributed by atoms with Crippen molar-refractivity contribution in [2.45, 2.75) is 32.1 Å². The number of Topliss-reactive ketones (excluding diaryl/α,β-unsaturated/α-hetero) is 1. The van der Waals surface area contributed by atoms with Gasteiger partial charge >= 0.3 is 6.03 Å². The summed E-state index contributed by atoms with van der Waals surface area (Å²) in [6.45, 7) is 0. The third kappa shape index (κ3) is 4.91. The summed E-state index contributed by atoms with van der Waals surface area (Å²) >= 11 is 1.32. The van der Waals surface area contributed by atoms with Crippen LogP contribution in [0.3, 0.4) is 0 Å². The van der Waals surface area contributed by atoms with Gasteiger partial charge in [0, 0.05) is 35.8 Å². The van der Waals surface area contributed by atoms with Gasteiger partial charge in [-0.1, -0.05) is 18.9 Å². The number of thiazole rings is 1. The molecule has 2 aromatic rings. The summed E-state index contributed by atoms with van der Waals surface area (Å²) in [6, 6.07) is 4.67. The van der Waals surface area contributed by atoms with Crippen molar-refractivity contribution in [2.75, 3.05) is 17.7 Å². The Hall–Kier alpha value is -2.74. The Morgan fingerprint density at radius 2 is 1.96 bits per heavy atom. The van der Waals surface area contributed by atoms with E-state index in [1.807, 2.05) is 0 Å². The van der Waals surface area contributed by atoms with Gasteiger partial charge in [0.25, 0.3) is 0 Å². The molecule has 8 heteroatoms. The maximum absolute atomic E-state index is 13.0. The first-order valence-corrected chi connectivity index (χ1v) is 9.80. The van der Waals surface area contributed by atoms with Crippen LogP contribution in [0.15, 0.2) is 29.8 Å². The monoisotopic (exact) mass is 386 g/mol. The highest BCUT2D eigenvalue weighted by Gasteiger charge is 2.26. The van der Waals surface area contributed by atoms with Crippen LogP contribution in [0.2, 0.25) is 0 Å². The van der Waals surface area contributed by atoms with Crippen LogP contribution in [0.4, 0.5) is 15.6 Å². The minimum atomic E-state index is -0.428. The summed E-state index contributed by atoms with van der Waals surface area (Å²) in [5.41, 5.74) is 1.70. The fraction of sp³-hybridized carbons (Fsp3) is 0.368. The summed E-state index contributed by atoms with van der Waals surface area (Å²) in [5.74, 6) is -0.110. The predicted molar refractivity (Wildman–Crippen MR) is 105 cm³/mol. The lowest BCUT2D eigenvalue weighted by Crippen LogP contribution is -2.23. The molecule has 3 amide bonds. The lowest BCUT2D eigenvalue weighted by molar-refractivity contribution is -0.119. The third-order valence-corrected chi connectivity index (χ3v) is 5.33. The zero-order valence-electron chi connectivity index (χ0n) is 15.1. The molecular weight excluding hydrogens is 364 g/mol. The number of urea groups is 1. The molecule has 0 aliphatic heterocycles. The van der Waals surface area contributed by atoms with Gasteiger partial charge in [-0.05, 0) is 30.5 Å². The lowest BCUT2D eigenvalue weighted by Gasteiger charge is -2.15. The van der Waals surface area contributed by atoms with E-state index < -0.39 is 6.03 Å². The summed E-state index contributed by atoms with van der Waals surface area (Å²) in [5, 5.41) is 10.2. The van der Waals surface area contributed by atoms with Gasteiger partial charge in [0.05, 0.1) is 6.42 Å². The van der Waals surface area contributed by atoms with Crippen molar-refractivity contribution in [1.29, 1.82) is 0 Å². The first kappa shape index (κ1) is 19.0. The predicted octanol–water partition coefficient (Wildman–Crippen LogP) is 3.45.